The summed E-state index contributed by atoms with van der Waals surface area (Å²) in [5.74, 6) is 0.184. The van der Waals surface area contributed by atoms with Gasteiger partial charge in [-0.25, -0.2) is 5.43 Å². The average Bonchev–Trinajstić information content (AvgIpc) is 3.19. The second-order valence-electron chi connectivity index (χ2n) is 5.99. The Morgan fingerprint density at radius 2 is 1.96 bits per heavy atom. The van der Waals surface area contributed by atoms with Gasteiger partial charge in [-0.2, -0.15) is 5.10 Å². The summed E-state index contributed by atoms with van der Waals surface area (Å²) < 4.78 is 5.75. The molecule has 1 heterocycles. The fourth-order valence-electron chi connectivity index (χ4n) is 2.85. The standard InChI is InChI=1S/C19H20IN3O3/c1-26-17-11-13(10-16(20)18(17)24)12-21-22-19(25)14-4-6-15(7-5-14)23-8-2-3-9-23/h4-7,10-12,24H,2-3,8-9H2,1H3,(H,22,25)/b21-12-. The number of hydrazone groups is 1. The van der Waals surface area contributed by atoms with Crippen LogP contribution in [0.1, 0.15) is 28.8 Å². The third-order valence-electron chi connectivity index (χ3n) is 4.25. The number of phenolic OH excluding ortho intramolecular Hbond substituents is 1. The second-order valence-corrected chi connectivity index (χ2v) is 7.16. The van der Waals surface area contributed by atoms with Crippen LogP contribution in [0.5, 0.6) is 11.5 Å². The Labute approximate surface area is 166 Å². The van der Waals surface area contributed by atoms with E-state index in [0.717, 1.165) is 18.8 Å². The number of benzene rings is 2. The lowest BCUT2D eigenvalue weighted by atomic mass is 10.2. The molecule has 0 saturated carbocycles. The van der Waals surface area contributed by atoms with Crippen LogP contribution >= 0.6 is 22.6 Å². The zero-order valence-corrected chi connectivity index (χ0v) is 16.6. The molecule has 2 aromatic carbocycles. The molecule has 1 fully saturated rings. The van der Waals surface area contributed by atoms with E-state index in [4.69, 9.17) is 4.74 Å². The van der Waals surface area contributed by atoms with Gasteiger partial charge >= 0.3 is 0 Å². The molecule has 1 amide bonds. The third kappa shape index (κ3) is 4.27. The van der Waals surface area contributed by atoms with Gasteiger partial charge in [0.15, 0.2) is 11.5 Å². The zero-order valence-electron chi connectivity index (χ0n) is 14.4. The highest BCUT2D eigenvalue weighted by atomic mass is 127. The number of carbonyl (C=O) groups is 1. The van der Waals surface area contributed by atoms with Gasteiger partial charge in [0.25, 0.3) is 5.91 Å². The van der Waals surface area contributed by atoms with Crippen LogP contribution in [0.3, 0.4) is 0 Å². The maximum atomic E-state index is 12.2. The van der Waals surface area contributed by atoms with Gasteiger partial charge in [0, 0.05) is 24.3 Å². The SMILES string of the molecule is COc1cc(/C=N\NC(=O)c2ccc(N3CCCC3)cc2)cc(I)c1O. The number of anilines is 1. The molecule has 0 spiro atoms. The van der Waals surface area contributed by atoms with E-state index in [0.29, 0.717) is 20.4 Å². The number of methoxy groups -OCH3 is 1. The molecule has 0 aromatic heterocycles. The molecule has 1 saturated heterocycles. The highest BCUT2D eigenvalue weighted by molar-refractivity contribution is 14.1. The van der Waals surface area contributed by atoms with E-state index in [2.05, 4.69) is 15.4 Å². The third-order valence-corrected chi connectivity index (χ3v) is 5.07. The number of rotatable bonds is 5. The van der Waals surface area contributed by atoms with Crippen molar-refractivity contribution in [2.24, 2.45) is 5.10 Å². The van der Waals surface area contributed by atoms with Crippen molar-refractivity contribution in [2.75, 3.05) is 25.1 Å². The van der Waals surface area contributed by atoms with Gasteiger partial charge in [0.2, 0.25) is 0 Å². The molecule has 7 heteroatoms. The molecular weight excluding hydrogens is 445 g/mol. The van der Waals surface area contributed by atoms with Crippen LogP contribution in [0.4, 0.5) is 5.69 Å². The van der Waals surface area contributed by atoms with E-state index in [1.54, 1.807) is 12.1 Å². The van der Waals surface area contributed by atoms with Crippen LogP contribution in [0.15, 0.2) is 41.5 Å². The lowest BCUT2D eigenvalue weighted by molar-refractivity contribution is 0.0955. The predicted molar refractivity (Wildman–Crippen MR) is 110 cm³/mol. The van der Waals surface area contributed by atoms with Gasteiger partial charge in [-0.15, -0.1) is 0 Å². The van der Waals surface area contributed by atoms with Gasteiger partial charge in [0.05, 0.1) is 16.9 Å². The van der Waals surface area contributed by atoms with Crippen molar-refractivity contribution in [3.05, 3.63) is 51.1 Å². The van der Waals surface area contributed by atoms with Crippen LogP contribution in [-0.4, -0.2) is 37.4 Å². The number of hydrogen-bond acceptors (Lipinski definition) is 5. The first-order chi connectivity index (χ1) is 12.6. The maximum Gasteiger partial charge on any atom is 0.271 e. The van der Waals surface area contributed by atoms with E-state index in [1.165, 1.54) is 26.2 Å². The number of amides is 1. The van der Waals surface area contributed by atoms with Crippen molar-refractivity contribution >= 4 is 40.4 Å². The summed E-state index contributed by atoms with van der Waals surface area (Å²) in [6.07, 6.45) is 3.95. The minimum absolute atomic E-state index is 0.0902. The Morgan fingerprint density at radius 1 is 1.27 bits per heavy atom. The van der Waals surface area contributed by atoms with Gasteiger partial charge in [-0.1, -0.05) is 0 Å². The molecule has 1 aliphatic heterocycles. The summed E-state index contributed by atoms with van der Waals surface area (Å²) in [5, 5.41) is 13.8. The molecule has 3 rings (SSSR count). The lowest BCUT2D eigenvalue weighted by Crippen LogP contribution is -2.19. The monoisotopic (exact) mass is 465 g/mol. The predicted octanol–water partition coefficient (Wildman–Crippen LogP) is 3.37. The number of nitrogens with one attached hydrogen (secondary N) is 1. The summed E-state index contributed by atoms with van der Waals surface area (Å²) in [7, 11) is 1.49. The Balaban J connectivity index is 1.63. The molecule has 136 valence electrons. The normalized spacial score (nSPS) is 14.0. The number of halogens is 1. The Kier molecular flexibility index (Phi) is 5.97. The summed E-state index contributed by atoms with van der Waals surface area (Å²) in [4.78, 5) is 14.5. The number of nitrogens with zero attached hydrogens (tertiary/aromatic N) is 2. The topological polar surface area (TPSA) is 74.2 Å². The van der Waals surface area contributed by atoms with E-state index in [9.17, 15) is 9.90 Å². The Bertz CT molecular complexity index is 816. The molecule has 0 unspecified atom stereocenters. The van der Waals surface area contributed by atoms with Crippen LogP contribution in [0.2, 0.25) is 0 Å². The number of carbonyl (C=O) groups excluding carboxylic acids is 1. The van der Waals surface area contributed by atoms with E-state index >= 15 is 0 Å². The molecule has 1 aliphatic rings. The van der Waals surface area contributed by atoms with Crippen LogP contribution in [-0.2, 0) is 0 Å². The van der Waals surface area contributed by atoms with Crippen molar-refractivity contribution < 1.29 is 14.6 Å². The van der Waals surface area contributed by atoms with Crippen molar-refractivity contribution in [3.63, 3.8) is 0 Å². The van der Waals surface area contributed by atoms with Crippen molar-refractivity contribution in [2.45, 2.75) is 12.8 Å². The van der Waals surface area contributed by atoms with Gasteiger partial charge in [-0.05, 0) is 77.4 Å². The molecule has 0 atom stereocenters. The summed E-state index contributed by atoms with van der Waals surface area (Å²) in [5.41, 5.74) is 4.94. The zero-order chi connectivity index (χ0) is 18.5. The molecule has 0 aliphatic carbocycles. The molecule has 26 heavy (non-hydrogen) atoms. The van der Waals surface area contributed by atoms with Crippen LogP contribution in [0.25, 0.3) is 0 Å². The lowest BCUT2D eigenvalue weighted by Gasteiger charge is -2.17. The summed E-state index contributed by atoms with van der Waals surface area (Å²) >= 11 is 2.01. The van der Waals surface area contributed by atoms with Crippen molar-refractivity contribution in [1.29, 1.82) is 0 Å². The van der Waals surface area contributed by atoms with Crippen LogP contribution in [0, 0.1) is 3.57 Å². The van der Waals surface area contributed by atoms with Gasteiger partial charge < -0.3 is 14.7 Å². The molecule has 2 N–H and O–H groups in total. The first kappa shape index (κ1) is 18.5. The Hall–Kier alpha value is -2.29. The highest BCUT2D eigenvalue weighted by Gasteiger charge is 2.13. The molecule has 0 bridgehead atoms. The number of ether oxygens (including phenoxy) is 1. The first-order valence-corrected chi connectivity index (χ1v) is 9.41. The van der Waals surface area contributed by atoms with Gasteiger partial charge in [0.1, 0.15) is 0 Å². The molecule has 0 radical (unpaired) electrons. The minimum atomic E-state index is -0.269. The Morgan fingerprint density at radius 3 is 2.62 bits per heavy atom. The number of phenols is 1. The number of aromatic hydroxyl groups is 1. The summed E-state index contributed by atoms with van der Waals surface area (Å²) in [6.45, 7) is 2.15. The van der Waals surface area contributed by atoms with E-state index < -0.39 is 0 Å². The van der Waals surface area contributed by atoms with E-state index in [-0.39, 0.29) is 11.7 Å². The fraction of sp³-hybridized carbons (Fsp3) is 0.263. The summed E-state index contributed by atoms with van der Waals surface area (Å²) in [6, 6.07) is 11.0. The maximum absolute atomic E-state index is 12.2. The van der Waals surface area contributed by atoms with Crippen molar-refractivity contribution in [3.8, 4) is 11.5 Å². The van der Waals surface area contributed by atoms with Crippen molar-refractivity contribution in [1.82, 2.24) is 5.43 Å². The van der Waals surface area contributed by atoms with E-state index in [1.807, 2.05) is 46.9 Å². The largest absolute Gasteiger partial charge is 0.504 e. The minimum Gasteiger partial charge on any atom is -0.504 e. The van der Waals surface area contributed by atoms with Gasteiger partial charge in [-0.3, -0.25) is 4.79 Å². The van der Waals surface area contributed by atoms with Crippen LogP contribution < -0.4 is 15.1 Å². The molecule has 2 aromatic rings. The smallest absolute Gasteiger partial charge is 0.271 e. The second kappa shape index (κ2) is 8.39. The average molecular weight is 465 g/mol. The molecule has 6 nitrogen and oxygen atoms in total. The first-order valence-electron chi connectivity index (χ1n) is 8.33. The fourth-order valence-corrected chi connectivity index (χ4v) is 3.48. The quantitative estimate of drug-likeness (QED) is 0.404. The number of hydrogen-bond donors (Lipinski definition) is 2. The highest BCUT2D eigenvalue weighted by Crippen LogP contribution is 2.31. The molecular formula is C19H20IN3O3.